The zero-order valence-corrected chi connectivity index (χ0v) is 13.2. The Morgan fingerprint density at radius 3 is 2.41 bits per heavy atom. The average Bonchev–Trinajstić information content (AvgIpc) is 2.47. The van der Waals surface area contributed by atoms with E-state index in [0.717, 1.165) is 6.26 Å². The Morgan fingerprint density at radius 1 is 1.09 bits per heavy atom. The van der Waals surface area contributed by atoms with Crippen LogP contribution in [0.2, 0.25) is 0 Å². The van der Waals surface area contributed by atoms with Crippen LogP contribution in [0.1, 0.15) is 5.56 Å². The monoisotopic (exact) mass is 319 g/mol. The minimum Gasteiger partial charge on any atom is -0.495 e. The predicted molar refractivity (Wildman–Crippen MR) is 84.9 cm³/mol. The number of hydrogen-bond donors (Lipinski definition) is 1. The summed E-state index contributed by atoms with van der Waals surface area (Å²) in [4.78, 5) is 12.3. The second kappa shape index (κ2) is 6.62. The van der Waals surface area contributed by atoms with E-state index in [9.17, 15) is 13.2 Å². The summed E-state index contributed by atoms with van der Waals surface area (Å²) >= 11 is 0. The van der Waals surface area contributed by atoms with Crippen molar-refractivity contribution in [1.29, 1.82) is 0 Å². The number of benzene rings is 2. The molecule has 5 nitrogen and oxygen atoms in total. The Bertz CT molecular complexity index is 784. The number of sulfone groups is 1. The molecule has 0 aliphatic rings. The molecule has 0 aromatic heterocycles. The third kappa shape index (κ3) is 3.85. The summed E-state index contributed by atoms with van der Waals surface area (Å²) < 4.78 is 28.6. The lowest BCUT2D eigenvalue weighted by Crippen LogP contribution is -2.16. The van der Waals surface area contributed by atoms with Gasteiger partial charge >= 0.3 is 0 Å². The average molecular weight is 319 g/mol. The lowest BCUT2D eigenvalue weighted by molar-refractivity contribution is -0.115. The first-order valence-electron chi connectivity index (χ1n) is 6.62. The molecule has 22 heavy (non-hydrogen) atoms. The summed E-state index contributed by atoms with van der Waals surface area (Å²) in [6, 6.07) is 13.5. The van der Waals surface area contributed by atoms with Crippen LogP contribution in [0.15, 0.2) is 53.4 Å². The highest BCUT2D eigenvalue weighted by atomic mass is 32.2. The molecule has 0 radical (unpaired) electrons. The molecule has 0 atom stereocenters. The van der Waals surface area contributed by atoms with Crippen molar-refractivity contribution in [2.24, 2.45) is 0 Å². The Kier molecular flexibility index (Phi) is 4.82. The predicted octanol–water partition coefficient (Wildman–Crippen LogP) is 2.28. The van der Waals surface area contributed by atoms with Gasteiger partial charge in [-0.15, -0.1) is 0 Å². The largest absolute Gasteiger partial charge is 0.495 e. The second-order valence-corrected chi connectivity index (χ2v) is 6.79. The number of methoxy groups -OCH3 is 1. The van der Waals surface area contributed by atoms with Crippen molar-refractivity contribution in [2.75, 3.05) is 18.7 Å². The minimum atomic E-state index is -3.37. The van der Waals surface area contributed by atoms with Gasteiger partial charge in [-0.05, 0) is 23.8 Å². The van der Waals surface area contributed by atoms with Gasteiger partial charge in [0.1, 0.15) is 5.75 Å². The van der Waals surface area contributed by atoms with Crippen LogP contribution >= 0.6 is 0 Å². The van der Waals surface area contributed by atoms with Gasteiger partial charge < -0.3 is 10.1 Å². The molecular formula is C16H17NO4S. The van der Waals surface area contributed by atoms with Gasteiger partial charge in [-0.3, -0.25) is 4.79 Å². The van der Waals surface area contributed by atoms with Gasteiger partial charge in [0, 0.05) is 6.26 Å². The molecule has 0 saturated heterocycles. The summed E-state index contributed by atoms with van der Waals surface area (Å²) in [7, 11) is -1.85. The normalized spacial score (nSPS) is 11.0. The number of anilines is 1. The lowest BCUT2D eigenvalue weighted by Gasteiger charge is -2.11. The van der Waals surface area contributed by atoms with Gasteiger partial charge in [-0.2, -0.15) is 0 Å². The quantitative estimate of drug-likeness (QED) is 0.917. The van der Waals surface area contributed by atoms with E-state index in [1.807, 2.05) is 0 Å². The van der Waals surface area contributed by atoms with E-state index in [4.69, 9.17) is 4.74 Å². The van der Waals surface area contributed by atoms with E-state index in [-0.39, 0.29) is 17.2 Å². The van der Waals surface area contributed by atoms with Crippen LogP contribution in [0.3, 0.4) is 0 Å². The van der Waals surface area contributed by atoms with E-state index < -0.39 is 9.84 Å². The van der Waals surface area contributed by atoms with Crippen molar-refractivity contribution < 1.29 is 17.9 Å². The summed E-state index contributed by atoms with van der Waals surface area (Å²) in [5.41, 5.74) is 1.02. The van der Waals surface area contributed by atoms with Crippen LogP contribution in [0.25, 0.3) is 0 Å². The number of amides is 1. The number of carbonyl (C=O) groups excluding carboxylic acids is 1. The molecule has 0 bridgehead atoms. The molecule has 0 fully saturated rings. The van der Waals surface area contributed by atoms with Crippen molar-refractivity contribution in [3.8, 4) is 5.75 Å². The first-order valence-corrected chi connectivity index (χ1v) is 8.52. The highest BCUT2D eigenvalue weighted by molar-refractivity contribution is 7.90. The number of hydrogen-bond acceptors (Lipinski definition) is 4. The molecule has 0 spiro atoms. The first-order chi connectivity index (χ1) is 10.4. The smallest absolute Gasteiger partial charge is 0.228 e. The van der Waals surface area contributed by atoms with Crippen LogP contribution in [0.4, 0.5) is 5.69 Å². The van der Waals surface area contributed by atoms with Gasteiger partial charge in [0.05, 0.1) is 24.1 Å². The zero-order chi connectivity index (χ0) is 16.2. The van der Waals surface area contributed by atoms with Crippen LogP contribution in [-0.4, -0.2) is 27.7 Å². The van der Waals surface area contributed by atoms with Gasteiger partial charge in [-0.25, -0.2) is 8.42 Å². The van der Waals surface area contributed by atoms with Crippen molar-refractivity contribution in [3.63, 3.8) is 0 Å². The summed E-state index contributed by atoms with van der Waals surface area (Å²) in [5, 5.41) is 2.73. The molecule has 0 saturated carbocycles. The highest BCUT2D eigenvalue weighted by Crippen LogP contribution is 2.23. The molecule has 1 N–H and O–H groups in total. The van der Waals surface area contributed by atoms with Crippen molar-refractivity contribution in [3.05, 3.63) is 54.1 Å². The number of carbonyl (C=O) groups is 1. The third-order valence-corrected chi connectivity index (χ3v) is 4.30. The van der Waals surface area contributed by atoms with E-state index in [2.05, 4.69) is 5.32 Å². The number of rotatable bonds is 5. The Balaban J connectivity index is 2.20. The summed E-state index contributed by atoms with van der Waals surface area (Å²) in [6.07, 6.45) is 1.10. The van der Waals surface area contributed by atoms with Crippen LogP contribution in [-0.2, 0) is 21.1 Å². The van der Waals surface area contributed by atoms with E-state index in [1.54, 1.807) is 42.5 Å². The number of para-hydroxylation sites is 2. The second-order valence-electron chi connectivity index (χ2n) is 4.81. The van der Waals surface area contributed by atoms with Gasteiger partial charge in [-0.1, -0.05) is 30.3 Å². The molecule has 0 aliphatic heterocycles. The fourth-order valence-electron chi connectivity index (χ4n) is 2.13. The maximum absolute atomic E-state index is 12.2. The van der Waals surface area contributed by atoms with Gasteiger partial charge in [0.15, 0.2) is 9.84 Å². The molecule has 1 amide bonds. The highest BCUT2D eigenvalue weighted by Gasteiger charge is 2.15. The topological polar surface area (TPSA) is 72.5 Å². The van der Waals surface area contributed by atoms with E-state index in [0.29, 0.717) is 17.0 Å². The molecule has 2 rings (SSSR count). The van der Waals surface area contributed by atoms with Crippen molar-refractivity contribution in [2.45, 2.75) is 11.3 Å². The molecule has 116 valence electrons. The SMILES string of the molecule is COc1ccccc1NC(=O)Cc1ccccc1S(C)(=O)=O. The van der Waals surface area contributed by atoms with Crippen LogP contribution < -0.4 is 10.1 Å². The fraction of sp³-hybridized carbons (Fsp3) is 0.188. The Hall–Kier alpha value is -2.34. The van der Waals surface area contributed by atoms with Crippen molar-refractivity contribution >= 4 is 21.4 Å². The molecule has 0 aliphatic carbocycles. The minimum absolute atomic E-state index is 0.0265. The molecule has 0 heterocycles. The van der Waals surface area contributed by atoms with E-state index >= 15 is 0 Å². The van der Waals surface area contributed by atoms with E-state index in [1.165, 1.54) is 13.2 Å². The van der Waals surface area contributed by atoms with Gasteiger partial charge in [0.25, 0.3) is 0 Å². The van der Waals surface area contributed by atoms with Crippen molar-refractivity contribution in [1.82, 2.24) is 0 Å². The molecule has 6 heteroatoms. The first kappa shape index (κ1) is 16.0. The van der Waals surface area contributed by atoms with Crippen LogP contribution in [0, 0.1) is 0 Å². The zero-order valence-electron chi connectivity index (χ0n) is 12.4. The fourth-order valence-corrected chi connectivity index (χ4v) is 3.07. The molecular weight excluding hydrogens is 302 g/mol. The van der Waals surface area contributed by atoms with Crippen LogP contribution in [0.5, 0.6) is 5.75 Å². The lowest BCUT2D eigenvalue weighted by atomic mass is 10.1. The summed E-state index contributed by atoms with van der Waals surface area (Å²) in [6.45, 7) is 0. The Morgan fingerprint density at radius 2 is 1.73 bits per heavy atom. The molecule has 2 aromatic rings. The molecule has 2 aromatic carbocycles. The number of nitrogens with one attached hydrogen (secondary N) is 1. The Labute approximate surface area is 129 Å². The standard InChI is InChI=1S/C16H17NO4S/c1-21-14-9-5-4-8-13(14)17-16(18)11-12-7-3-6-10-15(12)22(2,19)20/h3-10H,11H2,1-2H3,(H,17,18). The maximum atomic E-state index is 12.2. The third-order valence-electron chi connectivity index (χ3n) is 3.10. The maximum Gasteiger partial charge on any atom is 0.228 e. The molecule has 0 unspecified atom stereocenters. The van der Waals surface area contributed by atoms with Gasteiger partial charge in [0.2, 0.25) is 5.91 Å². The number of ether oxygens (including phenoxy) is 1. The summed E-state index contributed by atoms with van der Waals surface area (Å²) in [5.74, 6) is 0.243.